The van der Waals surface area contributed by atoms with Gasteiger partial charge in [-0.2, -0.15) is 0 Å². The van der Waals surface area contributed by atoms with Gasteiger partial charge in [0, 0.05) is 19.0 Å². The fourth-order valence-electron chi connectivity index (χ4n) is 0.607. The Hall–Kier alpha value is -0.570. The summed E-state index contributed by atoms with van der Waals surface area (Å²) >= 11 is 0. The van der Waals surface area contributed by atoms with Gasteiger partial charge in [-0.15, -0.1) is 0 Å². The molecule has 80 valence electrons. The molecule has 0 aromatic heterocycles. The molecule has 13 heavy (non-hydrogen) atoms. The third kappa shape index (κ3) is 11.4. The Bertz CT molecular complexity index is 122. The molecular weight excluding hydrogens is 164 g/mol. The second kappa shape index (κ2) is 9.52. The third-order valence-electron chi connectivity index (χ3n) is 1.38. The van der Waals surface area contributed by atoms with E-state index in [2.05, 4.69) is 5.32 Å². The molecule has 0 saturated heterocycles. The van der Waals surface area contributed by atoms with Crippen LogP contribution in [0.4, 0.5) is 0 Å². The van der Waals surface area contributed by atoms with E-state index in [1.165, 1.54) is 0 Å². The van der Waals surface area contributed by atoms with Crippen LogP contribution >= 0.6 is 0 Å². The topological polar surface area (TPSA) is 32.3 Å². The number of likely N-dealkylation sites (N-methyl/N-ethyl adjacent to an activating group) is 1. The maximum Gasteiger partial charge on any atom is 0.222 e. The van der Waals surface area contributed by atoms with Crippen LogP contribution in [0.5, 0.6) is 0 Å². The van der Waals surface area contributed by atoms with Gasteiger partial charge in [0.05, 0.1) is 0 Å². The number of carbonyl (C=O) groups excluding carboxylic acids is 1. The lowest BCUT2D eigenvalue weighted by atomic mass is 10.2. The maximum atomic E-state index is 11.0. The standard InChI is InChI=1S/C8H18N2O.C2H6/c1-7(2)8(11)9-5-6-10(3)4;1-2/h7H,5-6H2,1-4H3,(H,9,11);1-2H3. The average molecular weight is 188 g/mol. The molecule has 0 aliphatic rings. The molecule has 3 heteroatoms. The fourth-order valence-corrected chi connectivity index (χ4v) is 0.607. The van der Waals surface area contributed by atoms with Gasteiger partial charge in [0.25, 0.3) is 0 Å². The Balaban J connectivity index is 0. The molecule has 0 bridgehead atoms. The second-order valence-electron chi connectivity index (χ2n) is 3.25. The number of rotatable bonds is 4. The lowest BCUT2D eigenvalue weighted by Crippen LogP contribution is -2.33. The zero-order valence-electron chi connectivity index (χ0n) is 9.85. The highest BCUT2D eigenvalue weighted by molar-refractivity contribution is 5.77. The van der Waals surface area contributed by atoms with Crippen LogP contribution in [0.25, 0.3) is 0 Å². The van der Waals surface area contributed by atoms with Crippen molar-refractivity contribution in [3.05, 3.63) is 0 Å². The summed E-state index contributed by atoms with van der Waals surface area (Å²) in [5, 5.41) is 2.83. The van der Waals surface area contributed by atoms with E-state index in [0.29, 0.717) is 0 Å². The van der Waals surface area contributed by atoms with E-state index in [0.717, 1.165) is 13.1 Å². The molecular formula is C10H24N2O. The molecule has 0 unspecified atom stereocenters. The van der Waals surface area contributed by atoms with Crippen molar-refractivity contribution >= 4 is 5.91 Å². The lowest BCUT2D eigenvalue weighted by Gasteiger charge is -2.11. The number of hydrogen-bond acceptors (Lipinski definition) is 2. The van der Waals surface area contributed by atoms with E-state index in [1.807, 2.05) is 46.7 Å². The van der Waals surface area contributed by atoms with Crippen molar-refractivity contribution in [2.75, 3.05) is 27.2 Å². The summed E-state index contributed by atoms with van der Waals surface area (Å²) < 4.78 is 0. The minimum atomic E-state index is 0.0946. The van der Waals surface area contributed by atoms with Crippen molar-refractivity contribution in [1.82, 2.24) is 10.2 Å². The Labute approximate surface area is 82.5 Å². The molecule has 0 rings (SSSR count). The summed E-state index contributed by atoms with van der Waals surface area (Å²) in [5.41, 5.74) is 0. The zero-order valence-corrected chi connectivity index (χ0v) is 9.85. The first-order valence-electron chi connectivity index (χ1n) is 4.96. The number of nitrogens with zero attached hydrogens (tertiary/aromatic N) is 1. The van der Waals surface area contributed by atoms with Gasteiger partial charge >= 0.3 is 0 Å². The van der Waals surface area contributed by atoms with Gasteiger partial charge in [-0.3, -0.25) is 4.79 Å². The molecule has 0 aromatic rings. The maximum absolute atomic E-state index is 11.0. The van der Waals surface area contributed by atoms with Crippen molar-refractivity contribution in [3.63, 3.8) is 0 Å². The molecule has 0 heterocycles. The van der Waals surface area contributed by atoms with Gasteiger partial charge in [0.15, 0.2) is 0 Å². The van der Waals surface area contributed by atoms with Crippen molar-refractivity contribution < 1.29 is 4.79 Å². The van der Waals surface area contributed by atoms with Gasteiger partial charge in [0.1, 0.15) is 0 Å². The highest BCUT2D eigenvalue weighted by Gasteiger charge is 2.04. The van der Waals surface area contributed by atoms with Gasteiger partial charge < -0.3 is 10.2 Å². The second-order valence-corrected chi connectivity index (χ2v) is 3.25. The highest BCUT2D eigenvalue weighted by atomic mass is 16.1. The van der Waals surface area contributed by atoms with E-state index < -0.39 is 0 Å². The molecule has 3 nitrogen and oxygen atoms in total. The summed E-state index contributed by atoms with van der Waals surface area (Å²) in [6.45, 7) is 9.43. The quantitative estimate of drug-likeness (QED) is 0.722. The highest BCUT2D eigenvalue weighted by Crippen LogP contribution is 1.89. The number of nitrogens with one attached hydrogen (secondary N) is 1. The summed E-state index contributed by atoms with van der Waals surface area (Å²) in [7, 11) is 3.98. The van der Waals surface area contributed by atoms with Gasteiger partial charge in [-0.1, -0.05) is 27.7 Å². The normalized spacial score (nSPS) is 9.54. The van der Waals surface area contributed by atoms with Crippen LogP contribution in [-0.2, 0) is 4.79 Å². The van der Waals surface area contributed by atoms with E-state index in [9.17, 15) is 4.79 Å². The monoisotopic (exact) mass is 188 g/mol. The van der Waals surface area contributed by atoms with E-state index in [-0.39, 0.29) is 11.8 Å². The Morgan fingerprint density at radius 1 is 1.31 bits per heavy atom. The Kier molecular flexibility index (Phi) is 10.9. The smallest absolute Gasteiger partial charge is 0.222 e. The van der Waals surface area contributed by atoms with Crippen LogP contribution in [0.2, 0.25) is 0 Å². The molecule has 0 aromatic carbocycles. The molecule has 1 amide bonds. The number of amides is 1. The molecule has 0 aliphatic heterocycles. The molecule has 0 atom stereocenters. The van der Waals surface area contributed by atoms with E-state index >= 15 is 0 Å². The minimum absolute atomic E-state index is 0.0946. The fraction of sp³-hybridized carbons (Fsp3) is 0.900. The van der Waals surface area contributed by atoms with Crippen LogP contribution in [-0.4, -0.2) is 38.0 Å². The predicted molar refractivity (Wildman–Crippen MR) is 57.7 cm³/mol. The van der Waals surface area contributed by atoms with Gasteiger partial charge in [0.2, 0.25) is 5.91 Å². The first-order valence-corrected chi connectivity index (χ1v) is 4.96. The molecule has 0 radical (unpaired) electrons. The van der Waals surface area contributed by atoms with Crippen LogP contribution in [0.15, 0.2) is 0 Å². The van der Waals surface area contributed by atoms with Crippen molar-refractivity contribution in [2.24, 2.45) is 5.92 Å². The summed E-state index contributed by atoms with van der Waals surface area (Å²) in [5.74, 6) is 0.226. The number of carbonyl (C=O) groups is 1. The van der Waals surface area contributed by atoms with Crippen LogP contribution in [0.3, 0.4) is 0 Å². The van der Waals surface area contributed by atoms with Gasteiger partial charge in [-0.05, 0) is 14.1 Å². The summed E-state index contributed by atoms with van der Waals surface area (Å²) in [4.78, 5) is 13.0. The molecule has 1 N–H and O–H groups in total. The van der Waals surface area contributed by atoms with Crippen LogP contribution < -0.4 is 5.32 Å². The van der Waals surface area contributed by atoms with Crippen molar-refractivity contribution in [3.8, 4) is 0 Å². The Morgan fingerprint density at radius 2 is 1.77 bits per heavy atom. The summed E-state index contributed by atoms with van der Waals surface area (Å²) in [6, 6.07) is 0. The van der Waals surface area contributed by atoms with Crippen molar-refractivity contribution in [2.45, 2.75) is 27.7 Å². The lowest BCUT2D eigenvalue weighted by molar-refractivity contribution is -0.123. The van der Waals surface area contributed by atoms with Crippen LogP contribution in [0.1, 0.15) is 27.7 Å². The van der Waals surface area contributed by atoms with Crippen LogP contribution in [0, 0.1) is 5.92 Å². The zero-order chi connectivity index (χ0) is 10.9. The first-order chi connectivity index (χ1) is 6.04. The number of hydrogen-bond donors (Lipinski definition) is 1. The van der Waals surface area contributed by atoms with Crippen molar-refractivity contribution in [1.29, 1.82) is 0 Å². The summed E-state index contributed by atoms with van der Waals surface area (Å²) in [6.07, 6.45) is 0. The molecule has 0 fully saturated rings. The first kappa shape index (κ1) is 14.9. The molecule has 0 aliphatic carbocycles. The SMILES string of the molecule is CC.CC(C)C(=O)NCCN(C)C. The van der Waals surface area contributed by atoms with E-state index in [1.54, 1.807) is 0 Å². The van der Waals surface area contributed by atoms with E-state index in [4.69, 9.17) is 0 Å². The Morgan fingerprint density at radius 3 is 2.08 bits per heavy atom. The van der Waals surface area contributed by atoms with Gasteiger partial charge in [-0.25, -0.2) is 0 Å². The average Bonchev–Trinajstić information content (AvgIpc) is 2.07. The molecule has 0 saturated carbocycles. The minimum Gasteiger partial charge on any atom is -0.355 e. The third-order valence-corrected chi connectivity index (χ3v) is 1.38. The largest absolute Gasteiger partial charge is 0.355 e. The predicted octanol–water partition coefficient (Wildman–Crippen LogP) is 1.35. The molecule has 0 spiro atoms.